The van der Waals surface area contributed by atoms with Crippen LogP contribution in [0.2, 0.25) is 0 Å². The molecule has 2 amide bonds. The van der Waals surface area contributed by atoms with E-state index in [0.717, 1.165) is 0 Å². The molecule has 0 aliphatic carbocycles. The van der Waals surface area contributed by atoms with Crippen molar-refractivity contribution in [3.63, 3.8) is 0 Å². The quantitative estimate of drug-likeness (QED) is 0.539. The summed E-state index contributed by atoms with van der Waals surface area (Å²) in [7, 11) is 0. The van der Waals surface area contributed by atoms with E-state index in [-0.39, 0.29) is 12.5 Å². The van der Waals surface area contributed by atoms with Crippen LogP contribution < -0.4 is 22.5 Å². The Morgan fingerprint density at radius 2 is 2.00 bits per heavy atom. The lowest BCUT2D eigenvalue weighted by Crippen LogP contribution is -2.26. The molecule has 0 heterocycles. The molecule has 0 saturated heterocycles. The van der Waals surface area contributed by atoms with Gasteiger partial charge in [-0.1, -0.05) is 6.07 Å². The zero-order chi connectivity index (χ0) is 13.0. The Kier molecular flexibility index (Phi) is 3.92. The number of anilines is 2. The number of hydrogen-bond donors (Lipinski definition) is 4. The summed E-state index contributed by atoms with van der Waals surface area (Å²) in [5.41, 5.74) is 17.2. The predicted octanol–water partition coefficient (Wildman–Crippen LogP) is 0.0435. The number of amides is 2. The maximum absolute atomic E-state index is 11.2. The third kappa shape index (κ3) is 3.37. The van der Waals surface area contributed by atoms with Crippen molar-refractivity contribution in [3.05, 3.63) is 23.8 Å². The van der Waals surface area contributed by atoms with E-state index >= 15 is 0 Å². The van der Waals surface area contributed by atoms with Crippen molar-refractivity contribution in [2.24, 2.45) is 11.5 Å². The van der Waals surface area contributed by atoms with Gasteiger partial charge in [-0.25, -0.2) is 0 Å². The summed E-state index contributed by atoms with van der Waals surface area (Å²) in [6.45, 7) is 1.77. The van der Waals surface area contributed by atoms with Crippen molar-refractivity contribution in [2.45, 2.75) is 19.4 Å². The molecule has 0 aliphatic heterocycles. The van der Waals surface area contributed by atoms with Crippen molar-refractivity contribution in [1.29, 1.82) is 0 Å². The molecule has 0 spiro atoms. The summed E-state index contributed by atoms with van der Waals surface area (Å²) in [6, 6.07) is 4.62. The first kappa shape index (κ1) is 12.8. The van der Waals surface area contributed by atoms with Crippen molar-refractivity contribution in [1.82, 2.24) is 0 Å². The van der Waals surface area contributed by atoms with Crippen LogP contribution in [-0.4, -0.2) is 17.9 Å². The molecule has 0 aromatic heterocycles. The molecule has 6 nitrogen and oxygen atoms in total. The second kappa shape index (κ2) is 5.20. The van der Waals surface area contributed by atoms with Gasteiger partial charge in [-0.05, 0) is 19.1 Å². The standard InChI is InChI=1S/C11H16N4O2/c1-6(5-9(13)16)15-10-7(11(14)17)3-2-4-8(10)12/h2-4,6,15H,5,12H2,1H3,(H2,13,16)(H2,14,17). The van der Waals surface area contributed by atoms with Crippen LogP contribution in [0, 0.1) is 0 Å². The lowest BCUT2D eigenvalue weighted by molar-refractivity contribution is -0.118. The zero-order valence-electron chi connectivity index (χ0n) is 9.57. The average molecular weight is 236 g/mol. The zero-order valence-corrected chi connectivity index (χ0v) is 9.57. The fourth-order valence-corrected chi connectivity index (χ4v) is 1.54. The SMILES string of the molecule is CC(CC(N)=O)Nc1c(N)cccc1C(N)=O. The van der Waals surface area contributed by atoms with E-state index in [1.54, 1.807) is 25.1 Å². The molecule has 0 saturated carbocycles. The minimum absolute atomic E-state index is 0.145. The third-order valence-corrected chi connectivity index (χ3v) is 2.26. The molecule has 1 unspecified atom stereocenters. The number of nitrogens with two attached hydrogens (primary N) is 3. The molecule has 0 aliphatic rings. The van der Waals surface area contributed by atoms with E-state index in [2.05, 4.69) is 5.32 Å². The Morgan fingerprint density at radius 1 is 1.35 bits per heavy atom. The monoisotopic (exact) mass is 236 g/mol. The van der Waals surface area contributed by atoms with E-state index in [4.69, 9.17) is 17.2 Å². The first-order chi connectivity index (χ1) is 7.91. The summed E-state index contributed by atoms with van der Waals surface area (Å²) in [6.07, 6.45) is 0.145. The molecule has 92 valence electrons. The summed E-state index contributed by atoms with van der Waals surface area (Å²) in [5.74, 6) is -1.01. The summed E-state index contributed by atoms with van der Waals surface area (Å²) in [4.78, 5) is 22.0. The Labute approximate surface area is 99.1 Å². The van der Waals surface area contributed by atoms with Crippen LogP contribution in [0.5, 0.6) is 0 Å². The summed E-state index contributed by atoms with van der Waals surface area (Å²) < 4.78 is 0. The van der Waals surface area contributed by atoms with Crippen LogP contribution in [0.15, 0.2) is 18.2 Å². The lowest BCUT2D eigenvalue weighted by atomic mass is 10.1. The highest BCUT2D eigenvalue weighted by Gasteiger charge is 2.14. The van der Waals surface area contributed by atoms with E-state index in [1.165, 1.54) is 0 Å². The van der Waals surface area contributed by atoms with Gasteiger partial charge in [-0.3, -0.25) is 9.59 Å². The molecule has 6 heteroatoms. The van der Waals surface area contributed by atoms with Crippen LogP contribution in [0.25, 0.3) is 0 Å². The van der Waals surface area contributed by atoms with Gasteiger partial charge in [0.15, 0.2) is 0 Å². The molecular weight excluding hydrogens is 220 g/mol. The number of rotatable bonds is 5. The minimum Gasteiger partial charge on any atom is -0.397 e. The molecule has 7 N–H and O–H groups in total. The Morgan fingerprint density at radius 3 is 2.53 bits per heavy atom. The number of para-hydroxylation sites is 1. The van der Waals surface area contributed by atoms with Gasteiger partial charge >= 0.3 is 0 Å². The number of nitrogen functional groups attached to an aromatic ring is 1. The maximum Gasteiger partial charge on any atom is 0.250 e. The Balaban J connectivity index is 2.96. The first-order valence-corrected chi connectivity index (χ1v) is 5.15. The van der Waals surface area contributed by atoms with E-state index in [0.29, 0.717) is 16.9 Å². The second-order valence-corrected chi connectivity index (χ2v) is 3.85. The van der Waals surface area contributed by atoms with Crippen molar-refractivity contribution >= 4 is 23.2 Å². The molecular formula is C11H16N4O2. The largest absolute Gasteiger partial charge is 0.397 e. The highest BCUT2D eigenvalue weighted by Crippen LogP contribution is 2.24. The third-order valence-electron chi connectivity index (χ3n) is 2.26. The smallest absolute Gasteiger partial charge is 0.250 e. The van der Waals surface area contributed by atoms with Gasteiger partial charge in [0.25, 0.3) is 5.91 Å². The van der Waals surface area contributed by atoms with Gasteiger partial charge in [0.1, 0.15) is 0 Å². The molecule has 0 bridgehead atoms. The number of benzene rings is 1. The molecule has 17 heavy (non-hydrogen) atoms. The van der Waals surface area contributed by atoms with Gasteiger partial charge in [-0.2, -0.15) is 0 Å². The summed E-state index contributed by atoms with van der Waals surface area (Å²) >= 11 is 0. The number of primary amides is 2. The maximum atomic E-state index is 11.2. The van der Waals surface area contributed by atoms with Crippen molar-refractivity contribution in [2.75, 3.05) is 11.1 Å². The highest BCUT2D eigenvalue weighted by molar-refractivity contribution is 6.01. The van der Waals surface area contributed by atoms with E-state index in [9.17, 15) is 9.59 Å². The van der Waals surface area contributed by atoms with E-state index in [1.807, 2.05) is 0 Å². The lowest BCUT2D eigenvalue weighted by Gasteiger charge is -2.17. The van der Waals surface area contributed by atoms with Gasteiger partial charge in [-0.15, -0.1) is 0 Å². The van der Waals surface area contributed by atoms with E-state index < -0.39 is 11.8 Å². The topological polar surface area (TPSA) is 124 Å². The number of hydrogen-bond acceptors (Lipinski definition) is 4. The number of carbonyl (C=O) groups excluding carboxylic acids is 2. The average Bonchev–Trinajstić information content (AvgIpc) is 2.19. The number of nitrogens with one attached hydrogen (secondary N) is 1. The van der Waals surface area contributed by atoms with Gasteiger partial charge in [0.05, 0.1) is 16.9 Å². The van der Waals surface area contributed by atoms with Gasteiger partial charge < -0.3 is 22.5 Å². The van der Waals surface area contributed by atoms with Crippen LogP contribution in [0.4, 0.5) is 11.4 Å². The van der Waals surface area contributed by atoms with Gasteiger partial charge in [0.2, 0.25) is 5.91 Å². The minimum atomic E-state index is -0.578. The molecule has 1 atom stereocenters. The molecule has 1 aromatic rings. The molecule has 1 rings (SSSR count). The van der Waals surface area contributed by atoms with Crippen LogP contribution in [-0.2, 0) is 4.79 Å². The van der Waals surface area contributed by atoms with Crippen LogP contribution in [0.1, 0.15) is 23.7 Å². The fourth-order valence-electron chi connectivity index (χ4n) is 1.54. The normalized spacial score (nSPS) is 11.8. The Hall–Kier alpha value is -2.24. The predicted molar refractivity (Wildman–Crippen MR) is 66.3 cm³/mol. The molecule has 0 fully saturated rings. The van der Waals surface area contributed by atoms with Crippen LogP contribution >= 0.6 is 0 Å². The van der Waals surface area contributed by atoms with Gasteiger partial charge in [0, 0.05) is 12.5 Å². The second-order valence-electron chi connectivity index (χ2n) is 3.85. The Bertz CT molecular complexity index is 445. The van der Waals surface area contributed by atoms with Crippen molar-refractivity contribution in [3.8, 4) is 0 Å². The molecule has 0 radical (unpaired) electrons. The summed E-state index contributed by atoms with van der Waals surface area (Å²) in [5, 5.41) is 2.96. The van der Waals surface area contributed by atoms with Crippen molar-refractivity contribution < 1.29 is 9.59 Å². The first-order valence-electron chi connectivity index (χ1n) is 5.15. The van der Waals surface area contributed by atoms with Crippen LogP contribution in [0.3, 0.4) is 0 Å². The highest BCUT2D eigenvalue weighted by atomic mass is 16.1. The number of carbonyl (C=O) groups is 2. The fraction of sp³-hybridized carbons (Fsp3) is 0.273. The molecule has 1 aromatic carbocycles.